The van der Waals surface area contributed by atoms with Crippen molar-refractivity contribution >= 4 is 5.91 Å². The number of carbonyl (C=O) groups excluding carboxylic acids is 1. The molecule has 0 saturated carbocycles. The van der Waals surface area contributed by atoms with E-state index in [1.807, 2.05) is 31.2 Å². The molecule has 1 fully saturated rings. The van der Waals surface area contributed by atoms with Gasteiger partial charge in [0.15, 0.2) is 0 Å². The fourth-order valence-corrected chi connectivity index (χ4v) is 2.40. The summed E-state index contributed by atoms with van der Waals surface area (Å²) in [5.41, 5.74) is 0.753. The number of likely N-dealkylation sites (tertiary alicyclic amines) is 1. The zero-order valence-electron chi connectivity index (χ0n) is 11.3. The molecule has 2 rings (SSSR count). The van der Waals surface area contributed by atoms with Crippen molar-refractivity contribution in [3.8, 4) is 5.75 Å². The first kappa shape index (κ1) is 13.9. The van der Waals surface area contributed by atoms with Gasteiger partial charge in [0.05, 0.1) is 13.2 Å². The van der Waals surface area contributed by atoms with Gasteiger partial charge in [-0.05, 0) is 25.8 Å². The number of aliphatic hydroxyl groups is 1. The Labute approximate surface area is 114 Å². The molecule has 1 aliphatic heterocycles. The van der Waals surface area contributed by atoms with Crippen LogP contribution in [-0.4, -0.2) is 35.6 Å². The van der Waals surface area contributed by atoms with Crippen LogP contribution in [-0.2, 0) is 4.79 Å². The Morgan fingerprint density at radius 2 is 2.16 bits per heavy atom. The minimum absolute atomic E-state index is 0.138. The molecular weight excluding hydrogens is 242 g/mol. The van der Waals surface area contributed by atoms with E-state index in [9.17, 15) is 9.90 Å². The molecule has 1 N–H and O–H groups in total. The first-order valence-electron chi connectivity index (χ1n) is 6.90. The highest BCUT2D eigenvalue weighted by Gasteiger charge is 2.22. The van der Waals surface area contributed by atoms with Gasteiger partial charge in [0.2, 0.25) is 5.91 Å². The number of para-hydroxylation sites is 1. The van der Waals surface area contributed by atoms with Crippen LogP contribution in [0.5, 0.6) is 5.75 Å². The minimum atomic E-state index is -0.690. The molecule has 1 amide bonds. The Morgan fingerprint density at radius 1 is 1.37 bits per heavy atom. The number of β-amino-alcohol motifs (C(OH)–C–C–N with tert-alkyl or cyclic N) is 1. The summed E-state index contributed by atoms with van der Waals surface area (Å²) in [6.07, 6.45) is 1.89. The quantitative estimate of drug-likeness (QED) is 0.885. The maximum atomic E-state index is 11.8. The third-order valence-electron chi connectivity index (χ3n) is 3.39. The molecule has 0 aliphatic carbocycles. The number of hydrogen-bond acceptors (Lipinski definition) is 3. The fraction of sp³-hybridized carbons (Fsp3) is 0.533. The number of piperidine rings is 1. The number of carbonyl (C=O) groups is 1. The van der Waals surface area contributed by atoms with Gasteiger partial charge < -0.3 is 14.7 Å². The zero-order valence-corrected chi connectivity index (χ0v) is 11.3. The van der Waals surface area contributed by atoms with Gasteiger partial charge in [0, 0.05) is 18.5 Å². The van der Waals surface area contributed by atoms with Crippen molar-refractivity contribution in [1.82, 2.24) is 4.90 Å². The molecule has 19 heavy (non-hydrogen) atoms. The van der Waals surface area contributed by atoms with Crippen LogP contribution < -0.4 is 4.74 Å². The summed E-state index contributed by atoms with van der Waals surface area (Å²) in [5.74, 6) is 0.834. The van der Waals surface area contributed by atoms with Gasteiger partial charge >= 0.3 is 0 Å². The molecule has 104 valence electrons. The zero-order chi connectivity index (χ0) is 13.7. The van der Waals surface area contributed by atoms with Gasteiger partial charge in [-0.25, -0.2) is 0 Å². The fourth-order valence-electron chi connectivity index (χ4n) is 2.40. The molecule has 1 aliphatic rings. The van der Waals surface area contributed by atoms with E-state index in [0.717, 1.165) is 24.9 Å². The smallest absolute Gasteiger partial charge is 0.222 e. The summed E-state index contributed by atoms with van der Waals surface area (Å²) < 4.78 is 5.51. The lowest BCUT2D eigenvalue weighted by Gasteiger charge is -2.29. The van der Waals surface area contributed by atoms with Crippen molar-refractivity contribution in [2.24, 2.45) is 0 Å². The molecule has 4 heteroatoms. The predicted octanol–water partition coefficient (Wildman–Crippen LogP) is 2.13. The topological polar surface area (TPSA) is 49.8 Å². The highest BCUT2D eigenvalue weighted by molar-refractivity contribution is 5.76. The van der Waals surface area contributed by atoms with E-state index in [1.165, 1.54) is 0 Å². The second-order valence-corrected chi connectivity index (χ2v) is 4.78. The second kappa shape index (κ2) is 6.57. The Kier molecular flexibility index (Phi) is 4.80. The summed E-state index contributed by atoms with van der Waals surface area (Å²) in [6.45, 7) is 3.57. The van der Waals surface area contributed by atoms with Crippen LogP contribution in [0.4, 0.5) is 0 Å². The van der Waals surface area contributed by atoms with E-state index in [1.54, 1.807) is 4.90 Å². The van der Waals surface area contributed by atoms with Gasteiger partial charge in [-0.15, -0.1) is 0 Å². The molecule has 0 radical (unpaired) electrons. The average molecular weight is 263 g/mol. The third kappa shape index (κ3) is 3.47. The highest BCUT2D eigenvalue weighted by atomic mass is 16.5. The van der Waals surface area contributed by atoms with Crippen molar-refractivity contribution in [3.05, 3.63) is 29.8 Å². The van der Waals surface area contributed by atoms with Gasteiger partial charge in [0.1, 0.15) is 11.9 Å². The lowest BCUT2D eigenvalue weighted by molar-refractivity contribution is -0.134. The van der Waals surface area contributed by atoms with E-state index < -0.39 is 6.10 Å². The number of benzene rings is 1. The van der Waals surface area contributed by atoms with E-state index in [-0.39, 0.29) is 5.91 Å². The van der Waals surface area contributed by atoms with Crippen LogP contribution in [0.2, 0.25) is 0 Å². The van der Waals surface area contributed by atoms with Gasteiger partial charge in [0.25, 0.3) is 0 Å². The van der Waals surface area contributed by atoms with Gasteiger partial charge in [-0.3, -0.25) is 4.79 Å². The minimum Gasteiger partial charge on any atom is -0.493 e. The third-order valence-corrected chi connectivity index (χ3v) is 3.39. The maximum Gasteiger partial charge on any atom is 0.222 e. The monoisotopic (exact) mass is 263 g/mol. The molecule has 1 aromatic carbocycles. The van der Waals surface area contributed by atoms with Crippen LogP contribution in [0, 0.1) is 0 Å². The number of aliphatic hydroxyl groups excluding tert-OH is 1. The molecule has 0 bridgehead atoms. The first-order valence-corrected chi connectivity index (χ1v) is 6.90. The van der Waals surface area contributed by atoms with Crippen molar-refractivity contribution < 1.29 is 14.6 Å². The van der Waals surface area contributed by atoms with Crippen LogP contribution >= 0.6 is 0 Å². The van der Waals surface area contributed by atoms with E-state index in [2.05, 4.69) is 0 Å². The Morgan fingerprint density at radius 3 is 2.89 bits per heavy atom. The predicted molar refractivity (Wildman–Crippen MR) is 73.0 cm³/mol. The largest absolute Gasteiger partial charge is 0.493 e. The number of rotatable bonds is 5. The molecule has 1 saturated heterocycles. The van der Waals surface area contributed by atoms with Crippen LogP contribution in [0.15, 0.2) is 24.3 Å². The van der Waals surface area contributed by atoms with Gasteiger partial charge in [-0.1, -0.05) is 18.2 Å². The van der Waals surface area contributed by atoms with Crippen LogP contribution in [0.1, 0.15) is 37.9 Å². The Bertz CT molecular complexity index is 433. The summed E-state index contributed by atoms with van der Waals surface area (Å²) in [4.78, 5) is 13.5. The molecule has 0 spiro atoms. The molecule has 1 atom stereocenters. The summed E-state index contributed by atoms with van der Waals surface area (Å²) in [7, 11) is 0. The highest BCUT2D eigenvalue weighted by Crippen LogP contribution is 2.26. The average Bonchev–Trinajstić information content (AvgIpc) is 2.42. The molecule has 4 nitrogen and oxygen atoms in total. The maximum absolute atomic E-state index is 11.8. The lowest BCUT2D eigenvalue weighted by Crippen LogP contribution is -2.38. The summed E-state index contributed by atoms with van der Waals surface area (Å²) in [5, 5.41) is 10.3. The van der Waals surface area contributed by atoms with E-state index in [4.69, 9.17) is 4.74 Å². The van der Waals surface area contributed by atoms with Crippen LogP contribution in [0.25, 0.3) is 0 Å². The van der Waals surface area contributed by atoms with Crippen molar-refractivity contribution in [2.75, 3.05) is 19.7 Å². The van der Waals surface area contributed by atoms with Crippen molar-refractivity contribution in [1.29, 1.82) is 0 Å². The van der Waals surface area contributed by atoms with E-state index >= 15 is 0 Å². The SMILES string of the molecule is CCOc1ccccc1C(O)CN1CCCCC1=O. The van der Waals surface area contributed by atoms with E-state index in [0.29, 0.717) is 25.3 Å². The molecule has 1 aromatic rings. The summed E-state index contributed by atoms with van der Waals surface area (Å²) >= 11 is 0. The molecule has 0 aromatic heterocycles. The van der Waals surface area contributed by atoms with Gasteiger partial charge in [-0.2, -0.15) is 0 Å². The number of amides is 1. The second-order valence-electron chi connectivity index (χ2n) is 4.78. The molecule has 1 unspecified atom stereocenters. The number of ether oxygens (including phenoxy) is 1. The standard InChI is InChI=1S/C15H21NO3/c1-2-19-14-8-4-3-7-12(14)13(17)11-16-10-6-5-9-15(16)18/h3-4,7-8,13,17H,2,5-6,9-11H2,1H3. The Balaban J connectivity index is 2.06. The van der Waals surface area contributed by atoms with Crippen molar-refractivity contribution in [2.45, 2.75) is 32.3 Å². The number of nitrogens with zero attached hydrogens (tertiary/aromatic N) is 1. The number of hydrogen-bond donors (Lipinski definition) is 1. The molecule has 1 heterocycles. The summed E-state index contributed by atoms with van der Waals surface area (Å²) in [6, 6.07) is 7.45. The Hall–Kier alpha value is -1.55. The normalized spacial score (nSPS) is 17.4. The van der Waals surface area contributed by atoms with Crippen molar-refractivity contribution in [3.63, 3.8) is 0 Å². The molecular formula is C15H21NO3. The van der Waals surface area contributed by atoms with Crippen LogP contribution in [0.3, 0.4) is 0 Å². The lowest BCUT2D eigenvalue weighted by atomic mass is 10.1. The first-order chi connectivity index (χ1) is 9.22.